The zero-order valence-corrected chi connectivity index (χ0v) is 12.1. The molecule has 2 aromatic rings. The summed E-state index contributed by atoms with van der Waals surface area (Å²) in [5.74, 6) is 2.22. The minimum absolute atomic E-state index is 0.0855. The van der Waals surface area contributed by atoms with Gasteiger partial charge in [-0.25, -0.2) is 0 Å². The quantitative estimate of drug-likeness (QED) is 0.550. The molecular weight excluding hydrogens is 282 g/mol. The lowest BCUT2D eigenvalue weighted by Gasteiger charge is -2.06. The van der Waals surface area contributed by atoms with Crippen LogP contribution in [0.15, 0.2) is 18.2 Å². The van der Waals surface area contributed by atoms with Gasteiger partial charge < -0.3 is 20.5 Å². The number of anilines is 1. The van der Waals surface area contributed by atoms with Crippen LogP contribution in [0.2, 0.25) is 0 Å². The molecule has 0 bridgehead atoms. The molecule has 2 aliphatic heterocycles. The molecule has 22 heavy (non-hydrogen) atoms. The SMILES string of the molecule is N=C(N)n1nc(-c2ccc3c(c2)OCO3)c2c1NCCCC2. The Hall–Kier alpha value is -2.70. The molecule has 0 unspecified atom stereocenters. The summed E-state index contributed by atoms with van der Waals surface area (Å²) in [6.07, 6.45) is 3.09. The van der Waals surface area contributed by atoms with Gasteiger partial charge in [0.15, 0.2) is 11.5 Å². The van der Waals surface area contributed by atoms with Gasteiger partial charge in [0, 0.05) is 17.7 Å². The summed E-state index contributed by atoms with van der Waals surface area (Å²) < 4.78 is 12.3. The van der Waals surface area contributed by atoms with E-state index in [1.807, 2.05) is 18.2 Å². The first-order valence-corrected chi connectivity index (χ1v) is 7.34. The summed E-state index contributed by atoms with van der Waals surface area (Å²) in [5, 5.41) is 15.6. The minimum atomic E-state index is -0.0855. The van der Waals surface area contributed by atoms with Crippen LogP contribution in [0.1, 0.15) is 18.4 Å². The Morgan fingerprint density at radius 2 is 2.14 bits per heavy atom. The molecular formula is C15H17N5O2. The highest BCUT2D eigenvalue weighted by Gasteiger charge is 2.23. The van der Waals surface area contributed by atoms with E-state index in [1.165, 1.54) is 4.68 Å². The Morgan fingerprint density at radius 1 is 1.27 bits per heavy atom. The standard InChI is InChI=1S/C15H17N5O2/c16-15(17)20-14-10(3-1-2-6-18-14)13(19-20)9-4-5-11-12(7-9)22-8-21-11/h4-5,7,18H,1-3,6,8H2,(H3,16,17). The summed E-state index contributed by atoms with van der Waals surface area (Å²) >= 11 is 0. The van der Waals surface area contributed by atoms with Crippen LogP contribution in [-0.2, 0) is 6.42 Å². The Kier molecular flexibility index (Phi) is 2.92. The minimum Gasteiger partial charge on any atom is -0.454 e. The highest BCUT2D eigenvalue weighted by Crippen LogP contribution is 2.38. The second-order valence-electron chi connectivity index (χ2n) is 5.42. The summed E-state index contributed by atoms with van der Waals surface area (Å²) in [7, 11) is 0. The van der Waals surface area contributed by atoms with Crippen molar-refractivity contribution in [3.63, 3.8) is 0 Å². The predicted octanol–water partition coefficient (Wildman–Crippen LogP) is 1.77. The van der Waals surface area contributed by atoms with Crippen LogP contribution < -0.4 is 20.5 Å². The van der Waals surface area contributed by atoms with Gasteiger partial charge in [-0.3, -0.25) is 5.41 Å². The Balaban J connectivity index is 1.86. The molecule has 0 aliphatic carbocycles. The number of ether oxygens (including phenoxy) is 2. The molecule has 7 nitrogen and oxygen atoms in total. The van der Waals surface area contributed by atoms with Crippen LogP contribution in [0, 0.1) is 5.41 Å². The highest BCUT2D eigenvalue weighted by atomic mass is 16.7. The maximum absolute atomic E-state index is 7.74. The van der Waals surface area contributed by atoms with E-state index >= 15 is 0 Å². The number of aromatic nitrogens is 2. The van der Waals surface area contributed by atoms with E-state index in [4.69, 9.17) is 20.6 Å². The highest BCUT2D eigenvalue weighted by molar-refractivity contribution is 5.84. The first-order valence-electron chi connectivity index (χ1n) is 7.34. The average molecular weight is 299 g/mol. The summed E-state index contributed by atoms with van der Waals surface area (Å²) in [6, 6.07) is 5.78. The molecule has 3 heterocycles. The Morgan fingerprint density at radius 3 is 3.00 bits per heavy atom. The molecule has 4 N–H and O–H groups in total. The fourth-order valence-corrected chi connectivity index (χ4v) is 2.95. The van der Waals surface area contributed by atoms with Gasteiger partial charge in [-0.1, -0.05) is 0 Å². The summed E-state index contributed by atoms with van der Waals surface area (Å²) in [4.78, 5) is 0. The van der Waals surface area contributed by atoms with Crippen molar-refractivity contribution < 1.29 is 9.47 Å². The molecule has 114 valence electrons. The van der Waals surface area contributed by atoms with Crippen molar-refractivity contribution in [3.05, 3.63) is 23.8 Å². The van der Waals surface area contributed by atoms with Crippen LogP contribution in [0.4, 0.5) is 5.82 Å². The molecule has 7 heteroatoms. The molecule has 0 saturated heterocycles. The first-order chi connectivity index (χ1) is 10.7. The van der Waals surface area contributed by atoms with E-state index in [1.54, 1.807) is 0 Å². The molecule has 1 aromatic carbocycles. The molecule has 0 atom stereocenters. The van der Waals surface area contributed by atoms with Gasteiger partial charge in [-0.15, -0.1) is 0 Å². The van der Waals surface area contributed by atoms with E-state index in [9.17, 15) is 0 Å². The lowest BCUT2D eigenvalue weighted by atomic mass is 10.0. The number of nitrogen functional groups attached to an aromatic ring is 1. The molecule has 4 rings (SSSR count). The number of fused-ring (bicyclic) bond motifs is 2. The summed E-state index contributed by atoms with van der Waals surface area (Å²) in [5.41, 5.74) is 8.57. The number of benzene rings is 1. The molecule has 0 saturated carbocycles. The van der Waals surface area contributed by atoms with Crippen molar-refractivity contribution in [2.75, 3.05) is 18.7 Å². The average Bonchev–Trinajstić information content (AvgIpc) is 3.04. The Labute approximate surface area is 127 Å². The number of rotatable bonds is 1. The lowest BCUT2D eigenvalue weighted by molar-refractivity contribution is 0.174. The van der Waals surface area contributed by atoms with Crippen LogP contribution in [-0.4, -0.2) is 29.1 Å². The van der Waals surface area contributed by atoms with Crippen molar-refractivity contribution in [1.82, 2.24) is 9.78 Å². The smallest absolute Gasteiger partial charge is 0.231 e. The predicted molar refractivity (Wildman–Crippen MR) is 82.5 cm³/mol. The third-order valence-electron chi connectivity index (χ3n) is 4.00. The summed E-state index contributed by atoms with van der Waals surface area (Å²) in [6.45, 7) is 1.12. The third kappa shape index (κ3) is 1.97. The monoisotopic (exact) mass is 299 g/mol. The zero-order chi connectivity index (χ0) is 15.1. The first kappa shape index (κ1) is 13.0. The molecule has 1 aromatic heterocycles. The van der Waals surface area contributed by atoms with Crippen LogP contribution in [0.25, 0.3) is 11.3 Å². The third-order valence-corrected chi connectivity index (χ3v) is 4.00. The van der Waals surface area contributed by atoms with Crippen molar-refractivity contribution in [2.45, 2.75) is 19.3 Å². The fraction of sp³-hybridized carbons (Fsp3) is 0.333. The van der Waals surface area contributed by atoms with E-state index in [0.717, 1.165) is 59.9 Å². The van der Waals surface area contributed by atoms with Crippen molar-refractivity contribution in [3.8, 4) is 22.8 Å². The van der Waals surface area contributed by atoms with E-state index in [-0.39, 0.29) is 12.8 Å². The molecule has 0 amide bonds. The maximum Gasteiger partial charge on any atom is 0.231 e. The van der Waals surface area contributed by atoms with Gasteiger partial charge in [0.1, 0.15) is 5.82 Å². The number of hydrogen-bond acceptors (Lipinski definition) is 5. The van der Waals surface area contributed by atoms with Gasteiger partial charge in [-0.05, 0) is 37.5 Å². The van der Waals surface area contributed by atoms with Gasteiger partial charge in [0.05, 0.1) is 5.69 Å². The topological polar surface area (TPSA) is 98.2 Å². The van der Waals surface area contributed by atoms with Crippen molar-refractivity contribution in [1.29, 1.82) is 5.41 Å². The van der Waals surface area contributed by atoms with Crippen molar-refractivity contribution >= 4 is 11.8 Å². The van der Waals surface area contributed by atoms with E-state index < -0.39 is 0 Å². The number of nitrogens with two attached hydrogens (primary N) is 1. The number of nitrogens with one attached hydrogen (secondary N) is 2. The number of nitrogens with zero attached hydrogens (tertiary/aromatic N) is 2. The van der Waals surface area contributed by atoms with Crippen LogP contribution in [0.5, 0.6) is 11.5 Å². The van der Waals surface area contributed by atoms with Crippen LogP contribution >= 0.6 is 0 Å². The van der Waals surface area contributed by atoms with Crippen molar-refractivity contribution in [2.24, 2.45) is 5.73 Å². The van der Waals surface area contributed by atoms with E-state index in [0.29, 0.717) is 0 Å². The van der Waals surface area contributed by atoms with Gasteiger partial charge in [-0.2, -0.15) is 9.78 Å². The van der Waals surface area contributed by atoms with E-state index in [2.05, 4.69) is 10.4 Å². The van der Waals surface area contributed by atoms with Crippen LogP contribution in [0.3, 0.4) is 0 Å². The second-order valence-corrected chi connectivity index (χ2v) is 5.42. The van der Waals surface area contributed by atoms with Gasteiger partial charge in [0.25, 0.3) is 0 Å². The second kappa shape index (κ2) is 4.94. The zero-order valence-electron chi connectivity index (χ0n) is 12.1. The molecule has 0 fully saturated rings. The molecule has 0 spiro atoms. The fourth-order valence-electron chi connectivity index (χ4n) is 2.95. The Bertz CT molecular complexity index is 753. The largest absolute Gasteiger partial charge is 0.454 e. The number of hydrogen-bond donors (Lipinski definition) is 3. The maximum atomic E-state index is 7.74. The normalized spacial score (nSPS) is 15.8. The van der Waals surface area contributed by atoms with Gasteiger partial charge >= 0.3 is 0 Å². The molecule has 0 radical (unpaired) electrons. The van der Waals surface area contributed by atoms with Gasteiger partial charge in [0.2, 0.25) is 12.8 Å². The lowest BCUT2D eigenvalue weighted by Crippen LogP contribution is -2.24. The molecule has 2 aliphatic rings.